The molecule has 0 spiro atoms. The Kier molecular flexibility index (Phi) is 6.98. The summed E-state index contributed by atoms with van der Waals surface area (Å²) in [5.74, 6) is 1.39. The molecule has 2 heterocycles. The summed E-state index contributed by atoms with van der Waals surface area (Å²) >= 11 is 0. The monoisotopic (exact) mass is 399 g/mol. The summed E-state index contributed by atoms with van der Waals surface area (Å²) in [5, 5.41) is 3.07. The SMILES string of the molecule is COc1ccc(-n2c(C)cc(C(=O)NCC3CN(CC(C)C)CCO3)c2C)cc1. The van der Waals surface area contributed by atoms with E-state index in [9.17, 15) is 4.79 Å². The minimum atomic E-state index is -0.0533. The fourth-order valence-corrected chi connectivity index (χ4v) is 4.01. The van der Waals surface area contributed by atoms with Crippen LogP contribution in [0, 0.1) is 19.8 Å². The van der Waals surface area contributed by atoms with Crippen LogP contribution in [0.5, 0.6) is 5.75 Å². The molecule has 29 heavy (non-hydrogen) atoms. The maximum atomic E-state index is 12.9. The Labute approximate surface area is 173 Å². The number of ether oxygens (including phenoxy) is 2. The quantitative estimate of drug-likeness (QED) is 0.777. The maximum Gasteiger partial charge on any atom is 0.253 e. The topological polar surface area (TPSA) is 55.7 Å². The predicted octanol–water partition coefficient (Wildman–Crippen LogP) is 3.19. The molecular formula is C23H33N3O3. The fourth-order valence-electron chi connectivity index (χ4n) is 4.01. The zero-order valence-electron chi connectivity index (χ0n) is 18.2. The summed E-state index contributed by atoms with van der Waals surface area (Å²) < 4.78 is 13.2. The number of morpholine rings is 1. The van der Waals surface area contributed by atoms with Gasteiger partial charge in [-0.1, -0.05) is 13.8 Å². The van der Waals surface area contributed by atoms with Crippen molar-refractivity contribution in [3.05, 3.63) is 47.3 Å². The number of aryl methyl sites for hydroxylation is 1. The third kappa shape index (κ3) is 5.19. The van der Waals surface area contributed by atoms with Gasteiger partial charge in [0, 0.05) is 43.3 Å². The number of benzene rings is 1. The van der Waals surface area contributed by atoms with Crippen molar-refractivity contribution < 1.29 is 14.3 Å². The van der Waals surface area contributed by atoms with Crippen molar-refractivity contribution in [2.45, 2.75) is 33.8 Å². The van der Waals surface area contributed by atoms with Crippen LogP contribution < -0.4 is 10.1 Å². The fraction of sp³-hybridized carbons (Fsp3) is 0.522. The summed E-state index contributed by atoms with van der Waals surface area (Å²) in [4.78, 5) is 15.3. The molecule has 1 aromatic carbocycles. The van der Waals surface area contributed by atoms with Crippen molar-refractivity contribution in [2.75, 3.05) is 39.9 Å². The van der Waals surface area contributed by atoms with Crippen molar-refractivity contribution in [3.63, 3.8) is 0 Å². The van der Waals surface area contributed by atoms with E-state index in [-0.39, 0.29) is 12.0 Å². The van der Waals surface area contributed by atoms with Crippen LogP contribution in [0.3, 0.4) is 0 Å². The van der Waals surface area contributed by atoms with Crippen molar-refractivity contribution >= 4 is 5.91 Å². The van der Waals surface area contributed by atoms with Gasteiger partial charge in [0.25, 0.3) is 5.91 Å². The third-order valence-corrected chi connectivity index (χ3v) is 5.34. The molecular weight excluding hydrogens is 366 g/mol. The van der Waals surface area contributed by atoms with E-state index in [1.165, 1.54) is 0 Å². The minimum absolute atomic E-state index is 0.0385. The van der Waals surface area contributed by atoms with Gasteiger partial charge in [-0.25, -0.2) is 0 Å². The Morgan fingerprint density at radius 1 is 1.28 bits per heavy atom. The highest BCUT2D eigenvalue weighted by Gasteiger charge is 2.23. The molecule has 1 atom stereocenters. The molecule has 6 heteroatoms. The van der Waals surface area contributed by atoms with E-state index in [2.05, 4.69) is 28.6 Å². The van der Waals surface area contributed by atoms with E-state index in [0.29, 0.717) is 18.0 Å². The first-order chi connectivity index (χ1) is 13.9. The number of rotatable bonds is 7. The van der Waals surface area contributed by atoms with Crippen LogP contribution in [0.1, 0.15) is 35.6 Å². The second-order valence-electron chi connectivity index (χ2n) is 8.17. The number of amides is 1. The first-order valence-corrected chi connectivity index (χ1v) is 10.3. The van der Waals surface area contributed by atoms with E-state index in [1.54, 1.807) is 7.11 Å². The van der Waals surface area contributed by atoms with E-state index < -0.39 is 0 Å². The average Bonchev–Trinajstić information content (AvgIpc) is 3.00. The number of nitrogens with zero attached hydrogens (tertiary/aromatic N) is 2. The molecule has 0 radical (unpaired) electrons. The van der Waals surface area contributed by atoms with Gasteiger partial charge in [-0.3, -0.25) is 9.69 Å². The zero-order chi connectivity index (χ0) is 21.0. The molecule has 1 aliphatic heterocycles. The molecule has 6 nitrogen and oxygen atoms in total. The predicted molar refractivity (Wildman–Crippen MR) is 115 cm³/mol. The molecule has 1 saturated heterocycles. The van der Waals surface area contributed by atoms with Gasteiger partial charge in [0.15, 0.2) is 0 Å². The number of hydrogen-bond acceptors (Lipinski definition) is 4. The van der Waals surface area contributed by atoms with E-state index in [4.69, 9.17) is 9.47 Å². The van der Waals surface area contributed by atoms with Crippen LogP contribution in [0.15, 0.2) is 30.3 Å². The van der Waals surface area contributed by atoms with Gasteiger partial charge in [0.2, 0.25) is 0 Å². The van der Waals surface area contributed by atoms with Crippen molar-refractivity contribution in [1.82, 2.24) is 14.8 Å². The molecule has 1 aromatic heterocycles. The highest BCUT2D eigenvalue weighted by atomic mass is 16.5. The van der Waals surface area contributed by atoms with Crippen molar-refractivity contribution in [1.29, 1.82) is 0 Å². The number of nitrogens with one attached hydrogen (secondary N) is 1. The smallest absolute Gasteiger partial charge is 0.253 e. The van der Waals surface area contributed by atoms with Gasteiger partial charge in [0.05, 0.1) is 25.4 Å². The molecule has 1 aliphatic rings. The van der Waals surface area contributed by atoms with E-state index >= 15 is 0 Å². The average molecular weight is 400 g/mol. The number of methoxy groups -OCH3 is 1. The van der Waals surface area contributed by atoms with Crippen LogP contribution in [0.25, 0.3) is 5.69 Å². The Morgan fingerprint density at radius 3 is 2.66 bits per heavy atom. The second-order valence-corrected chi connectivity index (χ2v) is 8.17. The molecule has 3 rings (SSSR count). The van der Waals surface area contributed by atoms with Crippen LogP contribution in [0.2, 0.25) is 0 Å². The molecule has 1 unspecified atom stereocenters. The summed E-state index contributed by atoms with van der Waals surface area (Å²) in [7, 11) is 1.65. The van der Waals surface area contributed by atoms with Gasteiger partial charge < -0.3 is 19.4 Å². The van der Waals surface area contributed by atoms with Gasteiger partial charge >= 0.3 is 0 Å². The van der Waals surface area contributed by atoms with Gasteiger partial charge in [-0.05, 0) is 50.1 Å². The summed E-state index contributed by atoms with van der Waals surface area (Å²) in [6.45, 7) is 12.6. The molecule has 0 bridgehead atoms. The normalized spacial score (nSPS) is 17.5. The van der Waals surface area contributed by atoms with E-state index in [0.717, 1.165) is 49.1 Å². The lowest BCUT2D eigenvalue weighted by atomic mass is 10.1. The molecule has 158 valence electrons. The Balaban J connectivity index is 1.65. The van der Waals surface area contributed by atoms with Gasteiger partial charge in [-0.2, -0.15) is 0 Å². The molecule has 1 N–H and O–H groups in total. The van der Waals surface area contributed by atoms with E-state index in [1.807, 2.05) is 44.2 Å². The standard InChI is InChI=1S/C23H33N3O3/c1-16(2)14-25-10-11-29-21(15-25)13-24-23(27)22-12-17(3)26(18(22)4)19-6-8-20(28-5)9-7-19/h6-9,12,16,21H,10-11,13-15H2,1-5H3,(H,24,27). The lowest BCUT2D eigenvalue weighted by molar-refractivity contribution is -0.0295. The van der Waals surface area contributed by atoms with Crippen LogP contribution in [0.4, 0.5) is 0 Å². The minimum Gasteiger partial charge on any atom is -0.497 e. The van der Waals surface area contributed by atoms with Crippen LogP contribution >= 0.6 is 0 Å². The number of carbonyl (C=O) groups is 1. The van der Waals surface area contributed by atoms with Gasteiger partial charge in [0.1, 0.15) is 5.75 Å². The molecule has 0 saturated carbocycles. The first kappa shape index (κ1) is 21.4. The maximum absolute atomic E-state index is 12.9. The Hall–Kier alpha value is -2.31. The third-order valence-electron chi connectivity index (χ3n) is 5.34. The Morgan fingerprint density at radius 2 is 2.00 bits per heavy atom. The summed E-state index contributed by atoms with van der Waals surface area (Å²) in [6, 6.07) is 9.80. The number of hydrogen-bond donors (Lipinski definition) is 1. The Bertz CT molecular complexity index is 827. The summed E-state index contributed by atoms with van der Waals surface area (Å²) in [5.41, 5.74) is 3.67. The van der Waals surface area contributed by atoms with Crippen LogP contribution in [-0.2, 0) is 4.74 Å². The molecule has 2 aromatic rings. The van der Waals surface area contributed by atoms with Gasteiger partial charge in [-0.15, -0.1) is 0 Å². The van der Waals surface area contributed by atoms with Crippen LogP contribution in [-0.4, -0.2) is 61.4 Å². The van der Waals surface area contributed by atoms with Crippen molar-refractivity contribution in [2.24, 2.45) is 5.92 Å². The molecule has 1 fully saturated rings. The zero-order valence-corrected chi connectivity index (χ0v) is 18.2. The highest BCUT2D eigenvalue weighted by Crippen LogP contribution is 2.23. The lowest BCUT2D eigenvalue weighted by Gasteiger charge is -2.33. The molecule has 1 amide bonds. The largest absolute Gasteiger partial charge is 0.497 e. The van der Waals surface area contributed by atoms with Crippen molar-refractivity contribution in [3.8, 4) is 11.4 Å². The highest BCUT2D eigenvalue weighted by molar-refractivity contribution is 5.96. The lowest BCUT2D eigenvalue weighted by Crippen LogP contribution is -2.48. The number of aromatic nitrogens is 1. The number of carbonyl (C=O) groups excluding carboxylic acids is 1. The second kappa shape index (κ2) is 9.46. The summed E-state index contributed by atoms with van der Waals surface area (Å²) in [6.07, 6.45) is 0.0385. The first-order valence-electron chi connectivity index (χ1n) is 10.3. The molecule has 0 aliphatic carbocycles.